The van der Waals surface area contributed by atoms with Crippen molar-refractivity contribution in [2.24, 2.45) is 10.9 Å². The van der Waals surface area contributed by atoms with Crippen molar-refractivity contribution in [3.05, 3.63) is 0 Å². The van der Waals surface area contributed by atoms with E-state index in [1.165, 1.54) is 6.42 Å². The summed E-state index contributed by atoms with van der Waals surface area (Å²) in [4.78, 5) is 21.3. The number of likely N-dealkylation sites (tertiary alicyclic amines) is 1. The fourth-order valence-corrected chi connectivity index (χ4v) is 3.54. The predicted molar refractivity (Wildman–Crippen MR) is 97.2 cm³/mol. The maximum absolute atomic E-state index is 12.4. The molecule has 0 saturated carbocycles. The number of guanidine groups is 1. The summed E-state index contributed by atoms with van der Waals surface area (Å²) in [5.41, 5.74) is 0. The number of aliphatic imine (C=N–C) groups is 1. The fourth-order valence-electron chi connectivity index (χ4n) is 3.54. The first-order valence-corrected chi connectivity index (χ1v) is 9.48. The Hall–Kier alpha value is -1.30. The standard InChI is InChI=1S/C18H34N4O2/c1-4-19-18(21(3)13-16-9-12-24-14-16)20-10-8-17(23)22-11-6-5-7-15(22)2/h15-16H,4-14H2,1-3H3,(H,19,20). The van der Waals surface area contributed by atoms with Crippen LogP contribution in [-0.2, 0) is 9.53 Å². The molecule has 6 heteroatoms. The molecule has 0 bridgehead atoms. The van der Waals surface area contributed by atoms with Gasteiger partial charge in [0.05, 0.1) is 13.2 Å². The number of carbonyl (C=O) groups excluding carboxylic acids is 1. The van der Waals surface area contributed by atoms with Gasteiger partial charge in [-0.25, -0.2) is 0 Å². The van der Waals surface area contributed by atoms with E-state index in [9.17, 15) is 4.79 Å². The van der Waals surface area contributed by atoms with Crippen LogP contribution in [0, 0.1) is 5.92 Å². The van der Waals surface area contributed by atoms with Crippen molar-refractivity contribution in [2.75, 3.05) is 46.4 Å². The van der Waals surface area contributed by atoms with E-state index in [-0.39, 0.29) is 5.91 Å². The van der Waals surface area contributed by atoms with Gasteiger partial charge in [-0.3, -0.25) is 9.79 Å². The van der Waals surface area contributed by atoms with Gasteiger partial charge in [0, 0.05) is 51.7 Å². The van der Waals surface area contributed by atoms with E-state index in [1.54, 1.807) is 0 Å². The number of carbonyl (C=O) groups is 1. The lowest BCUT2D eigenvalue weighted by Gasteiger charge is -2.33. The second-order valence-corrected chi connectivity index (χ2v) is 7.03. The molecule has 0 radical (unpaired) electrons. The molecule has 2 aliphatic rings. The summed E-state index contributed by atoms with van der Waals surface area (Å²) in [5.74, 6) is 1.72. The summed E-state index contributed by atoms with van der Waals surface area (Å²) in [7, 11) is 2.06. The summed E-state index contributed by atoms with van der Waals surface area (Å²) in [6, 6.07) is 0.383. The number of hydrogen-bond donors (Lipinski definition) is 1. The van der Waals surface area contributed by atoms with Gasteiger partial charge in [0.25, 0.3) is 0 Å². The van der Waals surface area contributed by atoms with Crippen LogP contribution in [0.25, 0.3) is 0 Å². The average Bonchev–Trinajstić information content (AvgIpc) is 3.07. The van der Waals surface area contributed by atoms with Crippen LogP contribution in [-0.4, -0.2) is 74.1 Å². The van der Waals surface area contributed by atoms with Crippen LogP contribution < -0.4 is 5.32 Å². The monoisotopic (exact) mass is 338 g/mol. The Morgan fingerprint density at radius 3 is 2.88 bits per heavy atom. The number of rotatable bonds is 6. The van der Waals surface area contributed by atoms with E-state index in [0.717, 1.165) is 58.1 Å². The fraction of sp³-hybridized carbons (Fsp3) is 0.889. The minimum Gasteiger partial charge on any atom is -0.381 e. The number of nitrogens with one attached hydrogen (secondary N) is 1. The highest BCUT2D eigenvalue weighted by molar-refractivity contribution is 5.81. The molecule has 2 rings (SSSR count). The van der Waals surface area contributed by atoms with Gasteiger partial charge in [-0.2, -0.15) is 0 Å². The zero-order chi connectivity index (χ0) is 17.4. The number of ether oxygens (including phenoxy) is 1. The van der Waals surface area contributed by atoms with Crippen molar-refractivity contribution in [2.45, 2.75) is 52.0 Å². The normalized spacial score (nSPS) is 25.0. The summed E-state index contributed by atoms with van der Waals surface area (Å²) in [6.45, 7) is 9.18. The second-order valence-electron chi connectivity index (χ2n) is 7.03. The van der Waals surface area contributed by atoms with E-state index in [1.807, 2.05) is 4.90 Å². The quantitative estimate of drug-likeness (QED) is 0.592. The number of amides is 1. The van der Waals surface area contributed by atoms with E-state index < -0.39 is 0 Å². The zero-order valence-electron chi connectivity index (χ0n) is 15.6. The Kier molecular flexibility index (Phi) is 7.82. The van der Waals surface area contributed by atoms with Crippen LogP contribution in [0.5, 0.6) is 0 Å². The third-order valence-electron chi connectivity index (χ3n) is 4.96. The van der Waals surface area contributed by atoms with E-state index in [0.29, 0.717) is 24.9 Å². The molecule has 1 N–H and O–H groups in total. The van der Waals surface area contributed by atoms with Crippen LogP contribution in [0.3, 0.4) is 0 Å². The maximum Gasteiger partial charge on any atom is 0.224 e. The lowest BCUT2D eigenvalue weighted by Crippen LogP contribution is -2.43. The number of piperidine rings is 1. The minimum atomic E-state index is 0.244. The Labute approximate surface area is 146 Å². The van der Waals surface area contributed by atoms with Crippen molar-refractivity contribution in [1.82, 2.24) is 15.1 Å². The van der Waals surface area contributed by atoms with Gasteiger partial charge in [0.1, 0.15) is 0 Å². The van der Waals surface area contributed by atoms with Gasteiger partial charge < -0.3 is 19.9 Å². The van der Waals surface area contributed by atoms with Crippen molar-refractivity contribution in [1.29, 1.82) is 0 Å². The molecular weight excluding hydrogens is 304 g/mol. The van der Waals surface area contributed by atoms with Gasteiger partial charge in [-0.15, -0.1) is 0 Å². The lowest BCUT2D eigenvalue weighted by atomic mass is 10.0. The zero-order valence-corrected chi connectivity index (χ0v) is 15.6. The molecule has 0 spiro atoms. The summed E-state index contributed by atoms with van der Waals surface area (Å²) in [6.07, 6.45) is 5.12. The smallest absolute Gasteiger partial charge is 0.224 e. The molecule has 2 unspecified atom stereocenters. The molecule has 2 atom stereocenters. The van der Waals surface area contributed by atoms with Crippen LogP contribution >= 0.6 is 0 Å². The Balaban J connectivity index is 1.81. The summed E-state index contributed by atoms with van der Waals surface area (Å²) in [5, 5.41) is 3.33. The molecule has 0 aromatic heterocycles. The highest BCUT2D eigenvalue weighted by Gasteiger charge is 2.23. The van der Waals surface area contributed by atoms with Crippen molar-refractivity contribution in [3.8, 4) is 0 Å². The van der Waals surface area contributed by atoms with Gasteiger partial charge in [0.2, 0.25) is 5.91 Å². The van der Waals surface area contributed by atoms with Crippen LogP contribution in [0.4, 0.5) is 0 Å². The Morgan fingerprint density at radius 2 is 2.21 bits per heavy atom. The van der Waals surface area contributed by atoms with E-state index >= 15 is 0 Å². The molecule has 2 fully saturated rings. The van der Waals surface area contributed by atoms with Crippen molar-refractivity contribution >= 4 is 11.9 Å². The maximum atomic E-state index is 12.4. The molecule has 6 nitrogen and oxygen atoms in total. The number of nitrogens with zero attached hydrogens (tertiary/aromatic N) is 3. The summed E-state index contributed by atoms with van der Waals surface area (Å²) >= 11 is 0. The van der Waals surface area contributed by atoms with Gasteiger partial charge in [0.15, 0.2) is 5.96 Å². The molecule has 0 aromatic rings. The first-order valence-electron chi connectivity index (χ1n) is 9.48. The lowest BCUT2D eigenvalue weighted by molar-refractivity contribution is -0.134. The molecule has 138 valence electrons. The first kappa shape index (κ1) is 19.0. The van der Waals surface area contributed by atoms with E-state index in [2.05, 4.69) is 36.1 Å². The molecular formula is C18H34N4O2. The third kappa shape index (κ3) is 5.65. The molecule has 0 aromatic carbocycles. The SMILES string of the molecule is CCNC(=NCCC(=O)N1CCCCC1C)N(C)CC1CCOC1. The average molecular weight is 338 g/mol. The second kappa shape index (κ2) is 9.87. The number of hydrogen-bond acceptors (Lipinski definition) is 3. The topological polar surface area (TPSA) is 57.2 Å². The van der Waals surface area contributed by atoms with Crippen molar-refractivity contribution < 1.29 is 9.53 Å². The molecule has 2 aliphatic heterocycles. The van der Waals surface area contributed by atoms with Crippen LogP contribution in [0.1, 0.15) is 46.0 Å². The predicted octanol–water partition coefficient (Wildman–Crippen LogP) is 1.71. The van der Waals surface area contributed by atoms with Crippen LogP contribution in [0.2, 0.25) is 0 Å². The molecule has 2 heterocycles. The molecule has 24 heavy (non-hydrogen) atoms. The van der Waals surface area contributed by atoms with Crippen molar-refractivity contribution in [3.63, 3.8) is 0 Å². The molecule has 1 amide bonds. The Morgan fingerprint density at radius 1 is 1.38 bits per heavy atom. The largest absolute Gasteiger partial charge is 0.381 e. The first-order chi connectivity index (χ1) is 11.6. The summed E-state index contributed by atoms with van der Waals surface area (Å²) < 4.78 is 5.45. The van der Waals surface area contributed by atoms with E-state index in [4.69, 9.17) is 4.74 Å². The van der Waals surface area contributed by atoms with Gasteiger partial charge in [-0.1, -0.05) is 0 Å². The van der Waals surface area contributed by atoms with Gasteiger partial charge in [-0.05, 0) is 39.5 Å². The molecule has 0 aliphatic carbocycles. The highest BCUT2D eigenvalue weighted by atomic mass is 16.5. The minimum absolute atomic E-state index is 0.244. The molecule has 2 saturated heterocycles. The third-order valence-corrected chi connectivity index (χ3v) is 4.96. The highest BCUT2D eigenvalue weighted by Crippen LogP contribution is 2.17. The van der Waals surface area contributed by atoms with Crippen LogP contribution in [0.15, 0.2) is 4.99 Å². The van der Waals surface area contributed by atoms with Gasteiger partial charge >= 0.3 is 0 Å². The Bertz CT molecular complexity index is 421.